The van der Waals surface area contributed by atoms with Gasteiger partial charge in [-0.1, -0.05) is 18.2 Å². The van der Waals surface area contributed by atoms with Crippen LogP contribution in [0.2, 0.25) is 0 Å². The first-order valence-corrected chi connectivity index (χ1v) is 8.66. The number of hydrogen-bond acceptors (Lipinski definition) is 3. The van der Waals surface area contributed by atoms with Crippen molar-refractivity contribution in [3.63, 3.8) is 0 Å². The standard InChI is InChI=1S/C19H23F3N4O/c1-2-24-18(25-11-9-15-4-3-10-23-12-15)26-13-16-5-7-17(8-6-16)27-14-19(20,21)22/h3-8,10,12H,2,9,11,13-14H2,1H3,(H2,24,25,26). The molecule has 0 fully saturated rings. The summed E-state index contributed by atoms with van der Waals surface area (Å²) in [5.41, 5.74) is 2.01. The number of alkyl halides is 3. The van der Waals surface area contributed by atoms with E-state index in [4.69, 9.17) is 4.74 Å². The average molecular weight is 380 g/mol. The molecule has 1 heterocycles. The molecule has 146 valence electrons. The van der Waals surface area contributed by atoms with E-state index in [0.29, 0.717) is 19.0 Å². The summed E-state index contributed by atoms with van der Waals surface area (Å²) in [5.74, 6) is 0.861. The predicted octanol–water partition coefficient (Wildman–Crippen LogP) is 3.32. The summed E-state index contributed by atoms with van der Waals surface area (Å²) in [7, 11) is 0. The van der Waals surface area contributed by atoms with E-state index in [1.807, 2.05) is 25.3 Å². The van der Waals surface area contributed by atoms with Crippen LogP contribution < -0.4 is 15.4 Å². The van der Waals surface area contributed by atoms with E-state index in [2.05, 4.69) is 20.6 Å². The van der Waals surface area contributed by atoms with Crippen LogP contribution in [0.25, 0.3) is 0 Å². The van der Waals surface area contributed by atoms with Crippen molar-refractivity contribution in [3.8, 4) is 5.75 Å². The molecule has 0 radical (unpaired) electrons. The Morgan fingerprint density at radius 3 is 2.52 bits per heavy atom. The second kappa shape index (κ2) is 10.4. The van der Waals surface area contributed by atoms with Gasteiger partial charge in [0.25, 0.3) is 0 Å². The summed E-state index contributed by atoms with van der Waals surface area (Å²) in [4.78, 5) is 8.57. The van der Waals surface area contributed by atoms with Crippen molar-refractivity contribution in [2.24, 2.45) is 4.99 Å². The maximum atomic E-state index is 12.2. The number of nitrogens with zero attached hydrogens (tertiary/aromatic N) is 2. The number of halogens is 3. The number of rotatable bonds is 8. The zero-order valence-corrected chi connectivity index (χ0v) is 15.1. The van der Waals surface area contributed by atoms with Gasteiger partial charge in [0.15, 0.2) is 12.6 Å². The van der Waals surface area contributed by atoms with Crippen molar-refractivity contribution >= 4 is 5.96 Å². The molecule has 2 N–H and O–H groups in total. The Labute approximate surface area is 156 Å². The molecule has 2 aromatic rings. The average Bonchev–Trinajstić information content (AvgIpc) is 2.65. The Kier molecular flexibility index (Phi) is 7.91. The van der Waals surface area contributed by atoms with Gasteiger partial charge in [0.2, 0.25) is 0 Å². The smallest absolute Gasteiger partial charge is 0.422 e. The predicted molar refractivity (Wildman–Crippen MR) is 98.8 cm³/mol. The number of guanidine groups is 1. The monoisotopic (exact) mass is 380 g/mol. The summed E-state index contributed by atoms with van der Waals surface area (Å²) in [6.45, 7) is 2.52. The molecule has 1 aromatic carbocycles. The molecule has 5 nitrogen and oxygen atoms in total. The van der Waals surface area contributed by atoms with E-state index >= 15 is 0 Å². The van der Waals surface area contributed by atoms with Crippen LogP contribution in [0.5, 0.6) is 5.75 Å². The molecule has 0 saturated heterocycles. The number of ether oxygens (including phenoxy) is 1. The van der Waals surface area contributed by atoms with Crippen LogP contribution in [-0.4, -0.2) is 36.8 Å². The minimum Gasteiger partial charge on any atom is -0.484 e. The van der Waals surface area contributed by atoms with E-state index in [0.717, 1.165) is 24.1 Å². The molecular weight excluding hydrogens is 357 g/mol. The maximum Gasteiger partial charge on any atom is 0.422 e. The Morgan fingerprint density at radius 2 is 1.89 bits per heavy atom. The van der Waals surface area contributed by atoms with Gasteiger partial charge in [-0.3, -0.25) is 4.98 Å². The summed E-state index contributed by atoms with van der Waals surface area (Å²) in [5, 5.41) is 6.41. The Morgan fingerprint density at radius 1 is 1.11 bits per heavy atom. The van der Waals surface area contributed by atoms with Crippen molar-refractivity contribution in [1.29, 1.82) is 0 Å². The van der Waals surface area contributed by atoms with E-state index in [1.54, 1.807) is 18.3 Å². The maximum absolute atomic E-state index is 12.2. The minimum absolute atomic E-state index is 0.182. The van der Waals surface area contributed by atoms with Crippen molar-refractivity contribution in [1.82, 2.24) is 15.6 Å². The Hall–Kier alpha value is -2.77. The molecule has 0 aliphatic carbocycles. The topological polar surface area (TPSA) is 58.5 Å². The van der Waals surface area contributed by atoms with Crippen LogP contribution in [0.15, 0.2) is 53.8 Å². The lowest BCUT2D eigenvalue weighted by Crippen LogP contribution is -2.38. The molecule has 0 amide bonds. The van der Waals surface area contributed by atoms with Crippen molar-refractivity contribution in [2.45, 2.75) is 26.1 Å². The molecule has 0 aliphatic heterocycles. The van der Waals surface area contributed by atoms with Gasteiger partial charge in [-0.25, -0.2) is 4.99 Å². The van der Waals surface area contributed by atoms with E-state index in [1.165, 1.54) is 12.1 Å². The largest absolute Gasteiger partial charge is 0.484 e. The van der Waals surface area contributed by atoms with E-state index < -0.39 is 12.8 Å². The number of pyridine rings is 1. The summed E-state index contributed by atoms with van der Waals surface area (Å²) in [6.07, 6.45) is 0.0463. The van der Waals surface area contributed by atoms with Gasteiger partial charge in [0, 0.05) is 25.5 Å². The lowest BCUT2D eigenvalue weighted by molar-refractivity contribution is -0.153. The van der Waals surface area contributed by atoms with Gasteiger partial charge in [-0.05, 0) is 42.7 Å². The fourth-order valence-electron chi connectivity index (χ4n) is 2.24. The Bertz CT molecular complexity index is 703. The fourth-order valence-corrected chi connectivity index (χ4v) is 2.24. The van der Waals surface area contributed by atoms with Crippen LogP contribution in [0, 0.1) is 0 Å². The van der Waals surface area contributed by atoms with Gasteiger partial charge in [-0.2, -0.15) is 13.2 Å². The van der Waals surface area contributed by atoms with E-state index in [9.17, 15) is 13.2 Å². The summed E-state index contributed by atoms with van der Waals surface area (Å²) in [6, 6.07) is 10.3. The highest BCUT2D eigenvalue weighted by atomic mass is 19.4. The second-order valence-corrected chi connectivity index (χ2v) is 5.78. The molecule has 27 heavy (non-hydrogen) atoms. The molecule has 0 saturated carbocycles. The normalized spacial score (nSPS) is 11.9. The highest BCUT2D eigenvalue weighted by molar-refractivity contribution is 5.79. The number of nitrogens with one attached hydrogen (secondary N) is 2. The summed E-state index contributed by atoms with van der Waals surface area (Å²) < 4.78 is 41.2. The lowest BCUT2D eigenvalue weighted by atomic mass is 10.2. The number of benzene rings is 1. The lowest BCUT2D eigenvalue weighted by Gasteiger charge is -2.12. The third-order valence-electron chi connectivity index (χ3n) is 3.52. The van der Waals surface area contributed by atoms with Crippen molar-refractivity contribution in [2.75, 3.05) is 19.7 Å². The Balaban J connectivity index is 1.84. The van der Waals surface area contributed by atoms with Crippen LogP contribution >= 0.6 is 0 Å². The molecule has 0 bridgehead atoms. The molecule has 0 atom stereocenters. The first-order valence-electron chi connectivity index (χ1n) is 8.66. The number of hydrogen-bond donors (Lipinski definition) is 2. The van der Waals surface area contributed by atoms with Crippen molar-refractivity contribution in [3.05, 3.63) is 59.9 Å². The highest BCUT2D eigenvalue weighted by Gasteiger charge is 2.28. The van der Waals surface area contributed by atoms with Gasteiger partial charge < -0.3 is 15.4 Å². The van der Waals surface area contributed by atoms with Crippen LogP contribution in [-0.2, 0) is 13.0 Å². The first kappa shape index (κ1) is 20.5. The number of aliphatic imine (C=N–C) groups is 1. The molecule has 8 heteroatoms. The van der Waals surface area contributed by atoms with Crippen LogP contribution in [0.4, 0.5) is 13.2 Å². The van der Waals surface area contributed by atoms with Gasteiger partial charge in [0.05, 0.1) is 6.54 Å². The quantitative estimate of drug-likeness (QED) is 0.545. The number of aromatic nitrogens is 1. The first-order chi connectivity index (χ1) is 13.0. The molecule has 0 spiro atoms. The third-order valence-corrected chi connectivity index (χ3v) is 3.52. The fraction of sp³-hybridized carbons (Fsp3) is 0.368. The molecule has 2 rings (SSSR count). The van der Waals surface area contributed by atoms with Gasteiger partial charge in [-0.15, -0.1) is 0 Å². The second-order valence-electron chi connectivity index (χ2n) is 5.78. The summed E-state index contributed by atoms with van der Waals surface area (Å²) >= 11 is 0. The van der Waals surface area contributed by atoms with Gasteiger partial charge >= 0.3 is 6.18 Å². The highest BCUT2D eigenvalue weighted by Crippen LogP contribution is 2.19. The molecule has 0 unspecified atom stereocenters. The minimum atomic E-state index is -4.34. The van der Waals surface area contributed by atoms with Crippen LogP contribution in [0.1, 0.15) is 18.1 Å². The zero-order chi connectivity index (χ0) is 19.5. The SMILES string of the molecule is CCNC(=NCc1ccc(OCC(F)(F)F)cc1)NCCc1cccnc1. The third kappa shape index (κ3) is 8.44. The zero-order valence-electron chi connectivity index (χ0n) is 15.1. The molecular formula is C19H23F3N4O. The molecule has 1 aromatic heterocycles. The van der Waals surface area contributed by atoms with E-state index in [-0.39, 0.29) is 5.75 Å². The van der Waals surface area contributed by atoms with Crippen molar-refractivity contribution < 1.29 is 17.9 Å². The molecule has 0 aliphatic rings. The van der Waals surface area contributed by atoms with Crippen LogP contribution in [0.3, 0.4) is 0 Å². The van der Waals surface area contributed by atoms with Gasteiger partial charge in [0.1, 0.15) is 5.75 Å².